The van der Waals surface area contributed by atoms with Gasteiger partial charge < -0.3 is 9.80 Å². The molecule has 0 spiro atoms. The number of hydrogen-bond acceptors (Lipinski definition) is 5. The Morgan fingerprint density at radius 2 is 1.63 bits per heavy atom. The quantitative estimate of drug-likeness (QED) is 0.609. The zero-order valence-corrected chi connectivity index (χ0v) is 15.2. The minimum absolute atomic E-state index is 0.863. The second-order valence-corrected chi connectivity index (χ2v) is 6.96. The Hall–Kier alpha value is -3.19. The molecule has 0 atom stereocenters. The highest BCUT2D eigenvalue weighted by Gasteiger charge is 2.17. The number of likely N-dealkylation sites (N-methyl/N-ethyl adjacent to an activating group) is 1. The van der Waals surface area contributed by atoms with Crippen molar-refractivity contribution in [2.45, 2.75) is 0 Å². The van der Waals surface area contributed by atoms with E-state index in [1.54, 1.807) is 0 Å². The summed E-state index contributed by atoms with van der Waals surface area (Å²) in [4.78, 5) is 9.21. The van der Waals surface area contributed by atoms with Crippen LogP contribution in [-0.2, 0) is 0 Å². The summed E-state index contributed by atoms with van der Waals surface area (Å²) in [6, 6.07) is 12.5. The van der Waals surface area contributed by atoms with E-state index in [9.17, 15) is 0 Å². The average molecular weight is 359 g/mol. The fourth-order valence-corrected chi connectivity index (χ4v) is 3.51. The third-order valence-electron chi connectivity index (χ3n) is 5.19. The van der Waals surface area contributed by atoms with Crippen molar-refractivity contribution in [1.29, 1.82) is 0 Å². The van der Waals surface area contributed by atoms with Crippen molar-refractivity contribution in [3.8, 4) is 22.4 Å². The van der Waals surface area contributed by atoms with Gasteiger partial charge in [0, 0.05) is 43.5 Å². The zero-order chi connectivity index (χ0) is 18.2. The number of nitrogens with zero attached hydrogens (tertiary/aromatic N) is 6. The second kappa shape index (κ2) is 6.51. The van der Waals surface area contributed by atoms with Crippen molar-refractivity contribution < 1.29 is 0 Å². The minimum atomic E-state index is 0.863. The lowest BCUT2D eigenvalue weighted by Crippen LogP contribution is -2.44. The van der Waals surface area contributed by atoms with Gasteiger partial charge in [0.2, 0.25) is 0 Å². The van der Waals surface area contributed by atoms with Crippen LogP contribution in [0.3, 0.4) is 0 Å². The second-order valence-electron chi connectivity index (χ2n) is 6.96. The summed E-state index contributed by atoms with van der Waals surface area (Å²) >= 11 is 0. The van der Waals surface area contributed by atoms with E-state index in [1.165, 1.54) is 0 Å². The van der Waals surface area contributed by atoms with E-state index >= 15 is 0 Å². The first-order chi connectivity index (χ1) is 13.3. The lowest BCUT2D eigenvalue weighted by molar-refractivity contribution is 0.311. The molecule has 1 N–H and O–H groups in total. The van der Waals surface area contributed by atoms with Gasteiger partial charge in [0.15, 0.2) is 5.65 Å². The summed E-state index contributed by atoms with van der Waals surface area (Å²) in [5.41, 5.74) is 5.17. The number of imidazole rings is 1. The summed E-state index contributed by atoms with van der Waals surface area (Å²) in [5.74, 6) is 1.00. The van der Waals surface area contributed by atoms with Crippen LogP contribution in [0.2, 0.25) is 0 Å². The number of aromatic nitrogens is 5. The van der Waals surface area contributed by atoms with Crippen LogP contribution in [0.25, 0.3) is 28.0 Å². The number of H-pyrrole nitrogens is 1. The molecule has 0 amide bonds. The predicted molar refractivity (Wildman–Crippen MR) is 106 cm³/mol. The number of rotatable bonds is 3. The van der Waals surface area contributed by atoms with Gasteiger partial charge in [-0.2, -0.15) is 5.10 Å². The molecular weight excluding hydrogens is 338 g/mol. The van der Waals surface area contributed by atoms with Crippen LogP contribution in [0.15, 0.2) is 55.0 Å². The third-order valence-corrected chi connectivity index (χ3v) is 5.19. The minimum Gasteiger partial charge on any atom is -0.353 e. The van der Waals surface area contributed by atoms with Gasteiger partial charge in [0.25, 0.3) is 0 Å². The summed E-state index contributed by atoms with van der Waals surface area (Å²) in [7, 11) is 2.16. The maximum atomic E-state index is 4.88. The Balaban J connectivity index is 1.49. The van der Waals surface area contributed by atoms with E-state index in [4.69, 9.17) is 5.10 Å². The van der Waals surface area contributed by atoms with Crippen LogP contribution in [0.4, 0.5) is 5.82 Å². The van der Waals surface area contributed by atoms with Gasteiger partial charge in [0.05, 0.1) is 18.1 Å². The van der Waals surface area contributed by atoms with Crippen LogP contribution in [0.5, 0.6) is 0 Å². The van der Waals surface area contributed by atoms with Crippen molar-refractivity contribution in [2.24, 2.45) is 0 Å². The number of nitrogens with one attached hydrogen (secondary N) is 1. The summed E-state index contributed by atoms with van der Waals surface area (Å²) in [5, 5.41) is 11.7. The first-order valence-electron chi connectivity index (χ1n) is 9.16. The van der Waals surface area contributed by atoms with Gasteiger partial charge in [-0.1, -0.05) is 24.3 Å². The van der Waals surface area contributed by atoms with Crippen LogP contribution in [-0.4, -0.2) is 62.9 Å². The summed E-state index contributed by atoms with van der Waals surface area (Å²) in [6.45, 7) is 4.12. The van der Waals surface area contributed by atoms with E-state index in [0.717, 1.165) is 60.0 Å². The van der Waals surface area contributed by atoms with Crippen LogP contribution >= 0.6 is 0 Å². The maximum Gasteiger partial charge on any atom is 0.154 e. The molecular formula is C20H21N7. The molecule has 136 valence electrons. The fourth-order valence-electron chi connectivity index (χ4n) is 3.51. The van der Waals surface area contributed by atoms with Gasteiger partial charge in [-0.3, -0.25) is 5.10 Å². The molecule has 1 fully saturated rings. The number of hydrogen-bond donors (Lipinski definition) is 1. The van der Waals surface area contributed by atoms with Crippen LogP contribution in [0, 0.1) is 0 Å². The predicted octanol–water partition coefficient (Wildman–Crippen LogP) is 2.54. The number of aromatic amines is 1. The SMILES string of the molecule is CN1CCN(c2ccc3ncc(-c4ccc(-c5cn[nH]c5)cc4)n3n2)CC1. The lowest BCUT2D eigenvalue weighted by atomic mass is 10.1. The zero-order valence-electron chi connectivity index (χ0n) is 15.2. The van der Waals surface area contributed by atoms with E-state index in [2.05, 4.69) is 62.4 Å². The molecule has 1 aromatic carbocycles. The van der Waals surface area contributed by atoms with E-state index in [0.29, 0.717) is 0 Å². The number of anilines is 1. The highest BCUT2D eigenvalue weighted by Crippen LogP contribution is 2.25. The van der Waals surface area contributed by atoms with Crippen molar-refractivity contribution in [1.82, 2.24) is 29.7 Å². The van der Waals surface area contributed by atoms with Crippen molar-refractivity contribution in [2.75, 3.05) is 38.1 Å². The molecule has 27 heavy (non-hydrogen) atoms. The van der Waals surface area contributed by atoms with E-state index in [-0.39, 0.29) is 0 Å². The van der Waals surface area contributed by atoms with Gasteiger partial charge in [-0.25, -0.2) is 9.50 Å². The van der Waals surface area contributed by atoms with Crippen molar-refractivity contribution in [3.05, 3.63) is 55.0 Å². The number of benzene rings is 1. The highest BCUT2D eigenvalue weighted by molar-refractivity contribution is 5.69. The number of fused-ring (bicyclic) bond motifs is 1. The Morgan fingerprint density at radius 1 is 0.852 bits per heavy atom. The summed E-state index contributed by atoms with van der Waals surface area (Å²) in [6.07, 6.45) is 5.61. The van der Waals surface area contributed by atoms with Gasteiger partial charge in [0.1, 0.15) is 5.82 Å². The first-order valence-corrected chi connectivity index (χ1v) is 9.16. The smallest absolute Gasteiger partial charge is 0.154 e. The Morgan fingerprint density at radius 3 is 2.37 bits per heavy atom. The van der Waals surface area contributed by atoms with E-state index in [1.807, 2.05) is 29.2 Å². The summed E-state index contributed by atoms with van der Waals surface area (Å²) < 4.78 is 1.94. The molecule has 1 aliphatic rings. The molecule has 1 aliphatic heterocycles. The maximum absolute atomic E-state index is 4.88. The Bertz CT molecular complexity index is 1040. The molecule has 0 aliphatic carbocycles. The van der Waals surface area contributed by atoms with Crippen molar-refractivity contribution in [3.63, 3.8) is 0 Å². The molecule has 0 saturated carbocycles. The molecule has 4 aromatic rings. The largest absolute Gasteiger partial charge is 0.353 e. The molecule has 7 heteroatoms. The third kappa shape index (κ3) is 2.96. The Labute approximate surface area is 157 Å². The van der Waals surface area contributed by atoms with Crippen LogP contribution in [0.1, 0.15) is 0 Å². The van der Waals surface area contributed by atoms with Crippen LogP contribution < -0.4 is 4.90 Å². The van der Waals surface area contributed by atoms with E-state index < -0.39 is 0 Å². The standard InChI is InChI=1S/C20H21N7/c1-25-8-10-26(11-9-25)20-7-6-19-21-14-18(27(19)24-20)16-4-2-15(3-5-16)17-12-22-23-13-17/h2-7,12-14H,8-11H2,1H3,(H,22,23). The average Bonchev–Trinajstić information content (AvgIpc) is 3.38. The topological polar surface area (TPSA) is 65.4 Å². The lowest BCUT2D eigenvalue weighted by Gasteiger charge is -2.33. The molecule has 0 radical (unpaired) electrons. The van der Waals surface area contributed by atoms with Gasteiger partial charge >= 0.3 is 0 Å². The van der Waals surface area contributed by atoms with Gasteiger partial charge in [-0.15, -0.1) is 5.10 Å². The Kier molecular flexibility index (Phi) is 3.86. The molecule has 0 unspecified atom stereocenters. The number of piperazine rings is 1. The molecule has 3 aromatic heterocycles. The molecule has 4 heterocycles. The molecule has 1 saturated heterocycles. The molecule has 0 bridgehead atoms. The normalized spacial score (nSPS) is 15.5. The van der Waals surface area contributed by atoms with Crippen molar-refractivity contribution >= 4 is 11.5 Å². The van der Waals surface area contributed by atoms with Gasteiger partial charge in [-0.05, 0) is 24.7 Å². The monoisotopic (exact) mass is 359 g/mol. The first kappa shape index (κ1) is 16.0. The molecule has 5 rings (SSSR count). The molecule has 7 nitrogen and oxygen atoms in total. The highest BCUT2D eigenvalue weighted by atomic mass is 15.4. The fraction of sp³-hybridized carbons (Fsp3) is 0.250.